The molecule has 0 aliphatic heterocycles. The van der Waals surface area contributed by atoms with Gasteiger partial charge >= 0.3 is 0 Å². The van der Waals surface area contributed by atoms with Crippen molar-refractivity contribution in [3.05, 3.63) is 51.9 Å². The van der Waals surface area contributed by atoms with E-state index >= 15 is 0 Å². The summed E-state index contributed by atoms with van der Waals surface area (Å²) in [5.74, 6) is 1.86. The molecular formula is C22H30OS. The molecule has 1 aliphatic carbocycles. The van der Waals surface area contributed by atoms with E-state index < -0.39 is 0 Å². The molecule has 1 saturated carbocycles. The van der Waals surface area contributed by atoms with E-state index in [9.17, 15) is 0 Å². The minimum absolute atomic E-state index is 0.846. The minimum Gasteiger partial charge on any atom is -0.494 e. The van der Waals surface area contributed by atoms with E-state index in [1.54, 1.807) is 11.8 Å². The van der Waals surface area contributed by atoms with Crippen LogP contribution in [0.25, 0.3) is 6.08 Å². The molecular weight excluding hydrogens is 312 g/mol. The lowest BCUT2D eigenvalue weighted by Crippen LogP contribution is -2.10. The SMILES string of the molecule is C=C=C(C)S/C(=C\c1ccc(OCCC2CCCCC2)cc1)CC. The Labute approximate surface area is 151 Å². The fraction of sp³-hybridized carbons (Fsp3) is 0.500. The van der Waals surface area contributed by atoms with Gasteiger partial charge < -0.3 is 4.74 Å². The number of benzene rings is 1. The second-order valence-electron chi connectivity index (χ2n) is 6.51. The topological polar surface area (TPSA) is 9.23 Å². The van der Waals surface area contributed by atoms with Gasteiger partial charge in [-0.1, -0.05) is 69.5 Å². The van der Waals surface area contributed by atoms with Crippen LogP contribution in [0.15, 0.2) is 46.4 Å². The van der Waals surface area contributed by atoms with Gasteiger partial charge in [-0.25, -0.2) is 0 Å². The summed E-state index contributed by atoms with van der Waals surface area (Å²) in [7, 11) is 0. The monoisotopic (exact) mass is 342 g/mol. The molecule has 130 valence electrons. The first-order chi connectivity index (χ1) is 11.7. The second kappa shape index (κ2) is 10.5. The molecule has 1 aromatic carbocycles. The van der Waals surface area contributed by atoms with E-state index in [0.29, 0.717) is 0 Å². The van der Waals surface area contributed by atoms with Gasteiger partial charge in [0.15, 0.2) is 0 Å². The maximum absolute atomic E-state index is 5.93. The summed E-state index contributed by atoms with van der Waals surface area (Å²) in [6, 6.07) is 8.44. The van der Waals surface area contributed by atoms with Crippen molar-refractivity contribution in [3.8, 4) is 5.75 Å². The van der Waals surface area contributed by atoms with Crippen LogP contribution in [0.3, 0.4) is 0 Å². The van der Waals surface area contributed by atoms with Gasteiger partial charge in [0.05, 0.1) is 6.61 Å². The molecule has 1 fully saturated rings. The van der Waals surface area contributed by atoms with E-state index in [1.165, 1.54) is 49.0 Å². The average molecular weight is 343 g/mol. The summed E-state index contributed by atoms with van der Waals surface area (Å²) in [6.07, 6.45) is 11.5. The third-order valence-corrected chi connectivity index (χ3v) is 5.73. The zero-order chi connectivity index (χ0) is 17.2. The predicted octanol–water partition coefficient (Wildman–Crippen LogP) is 7.21. The molecule has 0 heterocycles. The van der Waals surface area contributed by atoms with Crippen molar-refractivity contribution >= 4 is 17.8 Å². The molecule has 0 unspecified atom stereocenters. The maximum atomic E-state index is 5.93. The molecule has 0 saturated heterocycles. The summed E-state index contributed by atoms with van der Waals surface area (Å²) in [5.41, 5.74) is 4.16. The van der Waals surface area contributed by atoms with Crippen molar-refractivity contribution in [2.24, 2.45) is 5.92 Å². The van der Waals surface area contributed by atoms with Crippen LogP contribution in [0.1, 0.15) is 64.4 Å². The summed E-state index contributed by atoms with van der Waals surface area (Å²) < 4.78 is 5.93. The standard InChI is InChI=1S/C22H30OS/c1-4-18(3)24-22(5-2)17-20-11-13-21(14-12-20)23-16-15-19-9-7-6-8-10-19/h11-14,17,19H,1,5-10,15-16H2,2-3H3/b22-17-. The highest BCUT2D eigenvalue weighted by molar-refractivity contribution is 8.06. The van der Waals surface area contributed by atoms with Crippen molar-refractivity contribution in [1.82, 2.24) is 0 Å². The molecule has 1 aliphatic rings. The van der Waals surface area contributed by atoms with Crippen LogP contribution in [0.4, 0.5) is 0 Å². The molecule has 24 heavy (non-hydrogen) atoms. The molecule has 0 spiro atoms. The van der Waals surface area contributed by atoms with E-state index in [2.05, 4.69) is 49.6 Å². The zero-order valence-corrected chi connectivity index (χ0v) is 16.0. The quantitative estimate of drug-likeness (QED) is 0.462. The number of hydrogen-bond donors (Lipinski definition) is 0. The highest BCUT2D eigenvalue weighted by Gasteiger charge is 2.13. The minimum atomic E-state index is 0.846. The van der Waals surface area contributed by atoms with Gasteiger partial charge in [-0.2, -0.15) is 0 Å². The molecule has 0 aromatic heterocycles. The van der Waals surface area contributed by atoms with Gasteiger partial charge in [0, 0.05) is 4.91 Å². The highest BCUT2D eigenvalue weighted by Crippen LogP contribution is 2.29. The molecule has 0 N–H and O–H groups in total. The van der Waals surface area contributed by atoms with E-state index in [0.717, 1.165) is 29.6 Å². The fourth-order valence-electron chi connectivity index (χ4n) is 3.10. The number of hydrogen-bond acceptors (Lipinski definition) is 2. The Morgan fingerprint density at radius 1 is 1.25 bits per heavy atom. The molecule has 1 aromatic rings. The molecule has 0 atom stereocenters. The first-order valence-electron chi connectivity index (χ1n) is 9.19. The van der Waals surface area contributed by atoms with Crippen LogP contribution >= 0.6 is 11.8 Å². The summed E-state index contributed by atoms with van der Waals surface area (Å²) in [6.45, 7) is 8.77. The van der Waals surface area contributed by atoms with Gasteiger partial charge in [0.1, 0.15) is 5.75 Å². The first kappa shape index (κ1) is 19.0. The Kier molecular flexibility index (Phi) is 8.28. The van der Waals surface area contributed by atoms with Crippen molar-refractivity contribution < 1.29 is 4.74 Å². The number of ether oxygens (including phenoxy) is 1. The Morgan fingerprint density at radius 2 is 1.96 bits per heavy atom. The van der Waals surface area contributed by atoms with Crippen LogP contribution in [0, 0.1) is 5.92 Å². The lowest BCUT2D eigenvalue weighted by atomic mass is 9.87. The van der Waals surface area contributed by atoms with Gasteiger partial charge in [0.2, 0.25) is 0 Å². The predicted molar refractivity (Wildman–Crippen MR) is 107 cm³/mol. The Morgan fingerprint density at radius 3 is 2.58 bits per heavy atom. The molecule has 1 nitrogen and oxygen atoms in total. The van der Waals surface area contributed by atoms with Gasteiger partial charge in [-0.3, -0.25) is 0 Å². The number of allylic oxidation sites excluding steroid dienone is 2. The second-order valence-corrected chi connectivity index (χ2v) is 7.85. The van der Waals surface area contributed by atoms with E-state index in [4.69, 9.17) is 4.74 Å². The van der Waals surface area contributed by atoms with E-state index in [-0.39, 0.29) is 0 Å². The lowest BCUT2D eigenvalue weighted by molar-refractivity contribution is 0.246. The van der Waals surface area contributed by atoms with Gasteiger partial charge in [-0.15, -0.1) is 5.73 Å². The molecule has 2 heteroatoms. The van der Waals surface area contributed by atoms with Crippen molar-refractivity contribution in [3.63, 3.8) is 0 Å². The van der Waals surface area contributed by atoms with Crippen LogP contribution < -0.4 is 4.74 Å². The van der Waals surface area contributed by atoms with Crippen LogP contribution in [0.5, 0.6) is 5.75 Å². The highest BCUT2D eigenvalue weighted by atomic mass is 32.2. The molecule has 0 bridgehead atoms. The Balaban J connectivity index is 1.84. The lowest BCUT2D eigenvalue weighted by Gasteiger charge is -2.21. The zero-order valence-electron chi connectivity index (χ0n) is 15.1. The third-order valence-electron chi connectivity index (χ3n) is 4.61. The van der Waals surface area contributed by atoms with E-state index in [1.807, 2.05) is 6.92 Å². The number of thioether (sulfide) groups is 1. The molecule has 0 radical (unpaired) electrons. The van der Waals surface area contributed by atoms with Crippen LogP contribution in [-0.4, -0.2) is 6.61 Å². The summed E-state index contributed by atoms with van der Waals surface area (Å²) in [5, 5.41) is 0. The largest absolute Gasteiger partial charge is 0.494 e. The fourth-order valence-corrected chi connectivity index (χ4v) is 3.91. The molecule has 0 amide bonds. The van der Waals surface area contributed by atoms with Crippen LogP contribution in [0.2, 0.25) is 0 Å². The number of rotatable bonds is 8. The van der Waals surface area contributed by atoms with Crippen molar-refractivity contribution in [2.45, 2.75) is 58.8 Å². The smallest absolute Gasteiger partial charge is 0.119 e. The Bertz CT molecular complexity index is 572. The summed E-state index contributed by atoms with van der Waals surface area (Å²) >= 11 is 1.75. The third kappa shape index (κ3) is 6.63. The maximum Gasteiger partial charge on any atom is 0.119 e. The van der Waals surface area contributed by atoms with Crippen molar-refractivity contribution in [2.75, 3.05) is 6.61 Å². The van der Waals surface area contributed by atoms with Crippen LogP contribution in [-0.2, 0) is 0 Å². The van der Waals surface area contributed by atoms with Crippen molar-refractivity contribution in [1.29, 1.82) is 0 Å². The molecule has 2 rings (SSSR count). The van der Waals surface area contributed by atoms with Gasteiger partial charge in [0.25, 0.3) is 0 Å². The normalized spacial score (nSPS) is 15.8. The van der Waals surface area contributed by atoms with Gasteiger partial charge in [-0.05, 0) is 54.4 Å². The Hall–Kier alpha value is -1.37. The summed E-state index contributed by atoms with van der Waals surface area (Å²) in [4.78, 5) is 2.44. The average Bonchev–Trinajstić information content (AvgIpc) is 2.63. The first-order valence-corrected chi connectivity index (χ1v) is 10.0.